The van der Waals surface area contributed by atoms with Gasteiger partial charge < -0.3 is 0 Å². The number of aromatic nitrogens is 3. The maximum absolute atomic E-state index is 13.3. The standard InChI is InChI=1S/C19H14FN3OS3/c1-11-5-3-4-6-14(11)23-16-15(27-19(23)25)17(24)22(18(21-16)26-2)13-9-7-12(20)8-10-13/h3-10H,1-2H3. The normalized spacial score (nSPS) is 11.2. The molecular weight excluding hydrogens is 401 g/mol. The van der Waals surface area contributed by atoms with E-state index in [0.29, 0.717) is 25.1 Å². The molecule has 0 spiro atoms. The topological polar surface area (TPSA) is 39.8 Å². The summed E-state index contributed by atoms with van der Waals surface area (Å²) in [6, 6.07) is 13.7. The molecule has 2 heterocycles. The number of fused-ring (bicyclic) bond motifs is 1. The van der Waals surface area contributed by atoms with Crippen molar-refractivity contribution in [3.05, 3.63) is 74.2 Å². The van der Waals surface area contributed by atoms with Gasteiger partial charge in [0.25, 0.3) is 5.56 Å². The van der Waals surface area contributed by atoms with Gasteiger partial charge in [-0.25, -0.2) is 9.37 Å². The molecule has 4 nitrogen and oxygen atoms in total. The molecule has 0 amide bonds. The van der Waals surface area contributed by atoms with E-state index in [9.17, 15) is 9.18 Å². The van der Waals surface area contributed by atoms with E-state index in [2.05, 4.69) is 0 Å². The summed E-state index contributed by atoms with van der Waals surface area (Å²) in [5.41, 5.74) is 2.86. The van der Waals surface area contributed by atoms with E-state index >= 15 is 0 Å². The third-order valence-corrected chi connectivity index (χ3v) is 6.19. The van der Waals surface area contributed by atoms with Crippen LogP contribution >= 0.6 is 35.3 Å². The van der Waals surface area contributed by atoms with Gasteiger partial charge in [-0.15, -0.1) is 0 Å². The quantitative estimate of drug-likeness (QED) is 0.264. The Morgan fingerprint density at radius 3 is 2.48 bits per heavy atom. The number of hydrogen-bond acceptors (Lipinski definition) is 5. The second-order valence-electron chi connectivity index (χ2n) is 5.86. The van der Waals surface area contributed by atoms with Crippen LogP contribution in [0.25, 0.3) is 21.7 Å². The summed E-state index contributed by atoms with van der Waals surface area (Å²) >= 11 is 8.14. The Morgan fingerprint density at radius 1 is 1.11 bits per heavy atom. The molecule has 0 fully saturated rings. The molecule has 27 heavy (non-hydrogen) atoms. The maximum Gasteiger partial charge on any atom is 0.278 e. The lowest BCUT2D eigenvalue weighted by Gasteiger charge is -2.12. The molecule has 2 aromatic heterocycles. The first-order valence-corrected chi connectivity index (χ1v) is 10.5. The van der Waals surface area contributed by atoms with E-state index in [1.54, 1.807) is 12.1 Å². The van der Waals surface area contributed by atoms with E-state index in [1.807, 2.05) is 42.0 Å². The molecule has 0 saturated heterocycles. The highest BCUT2D eigenvalue weighted by Crippen LogP contribution is 2.27. The van der Waals surface area contributed by atoms with Crippen LogP contribution in [0.5, 0.6) is 0 Å². The molecule has 0 aliphatic carbocycles. The lowest BCUT2D eigenvalue weighted by molar-refractivity contribution is 0.627. The fraction of sp³-hybridized carbons (Fsp3) is 0.105. The lowest BCUT2D eigenvalue weighted by atomic mass is 10.2. The first-order chi connectivity index (χ1) is 13.0. The van der Waals surface area contributed by atoms with Crippen molar-refractivity contribution in [2.75, 3.05) is 6.26 Å². The number of rotatable bonds is 3. The van der Waals surface area contributed by atoms with Crippen LogP contribution in [-0.4, -0.2) is 20.4 Å². The summed E-state index contributed by atoms with van der Waals surface area (Å²) in [7, 11) is 0. The fourth-order valence-corrected chi connectivity index (χ4v) is 4.76. The van der Waals surface area contributed by atoms with E-state index in [4.69, 9.17) is 17.2 Å². The summed E-state index contributed by atoms with van der Waals surface area (Å²) in [5.74, 6) is -0.354. The molecule has 0 saturated carbocycles. The number of thiazole rings is 1. The minimum atomic E-state index is -0.354. The van der Waals surface area contributed by atoms with E-state index < -0.39 is 0 Å². The van der Waals surface area contributed by atoms with Crippen LogP contribution < -0.4 is 5.56 Å². The SMILES string of the molecule is CSc1nc2c(sc(=S)n2-c2ccccc2C)c(=O)n1-c1ccc(F)cc1. The average Bonchev–Trinajstić information content (AvgIpc) is 2.99. The average molecular weight is 416 g/mol. The van der Waals surface area contributed by atoms with Crippen LogP contribution in [0, 0.1) is 16.7 Å². The monoisotopic (exact) mass is 415 g/mol. The molecule has 4 rings (SSSR count). The van der Waals surface area contributed by atoms with Crippen molar-refractivity contribution in [2.45, 2.75) is 12.1 Å². The van der Waals surface area contributed by atoms with Crippen LogP contribution in [0.15, 0.2) is 58.5 Å². The molecule has 8 heteroatoms. The van der Waals surface area contributed by atoms with Crippen molar-refractivity contribution >= 4 is 45.7 Å². The van der Waals surface area contributed by atoms with Gasteiger partial charge in [0.05, 0.1) is 11.4 Å². The fourth-order valence-electron chi connectivity index (χ4n) is 2.92. The second kappa shape index (κ2) is 7.03. The summed E-state index contributed by atoms with van der Waals surface area (Å²) in [6.07, 6.45) is 1.85. The summed E-state index contributed by atoms with van der Waals surface area (Å²) in [6.45, 7) is 2.00. The maximum atomic E-state index is 13.3. The minimum absolute atomic E-state index is 0.209. The first-order valence-electron chi connectivity index (χ1n) is 8.06. The molecule has 0 N–H and O–H groups in total. The van der Waals surface area contributed by atoms with Gasteiger partial charge >= 0.3 is 0 Å². The van der Waals surface area contributed by atoms with E-state index in [1.165, 1.54) is 39.8 Å². The van der Waals surface area contributed by atoms with Gasteiger partial charge in [-0.2, -0.15) is 0 Å². The largest absolute Gasteiger partial charge is 0.278 e. The molecule has 0 unspecified atom stereocenters. The zero-order valence-electron chi connectivity index (χ0n) is 14.5. The molecule has 136 valence electrons. The summed E-state index contributed by atoms with van der Waals surface area (Å²) < 4.78 is 17.7. The molecule has 4 aromatic rings. The van der Waals surface area contributed by atoms with Crippen molar-refractivity contribution in [1.29, 1.82) is 0 Å². The van der Waals surface area contributed by atoms with Crippen LogP contribution in [0.1, 0.15) is 5.56 Å². The van der Waals surface area contributed by atoms with Crippen molar-refractivity contribution in [3.63, 3.8) is 0 Å². The van der Waals surface area contributed by atoms with Crippen molar-refractivity contribution < 1.29 is 4.39 Å². The van der Waals surface area contributed by atoms with Crippen LogP contribution in [0.4, 0.5) is 4.39 Å². The van der Waals surface area contributed by atoms with Gasteiger partial charge in [-0.05, 0) is 61.3 Å². The Bertz CT molecular complexity index is 1270. The summed E-state index contributed by atoms with van der Waals surface area (Å²) in [5, 5.41) is 0.522. The Hall–Kier alpha value is -2.29. The van der Waals surface area contributed by atoms with Gasteiger partial charge in [0.1, 0.15) is 10.5 Å². The Morgan fingerprint density at radius 2 is 1.81 bits per heavy atom. The van der Waals surface area contributed by atoms with Crippen molar-refractivity contribution in [2.24, 2.45) is 0 Å². The second-order valence-corrected chi connectivity index (χ2v) is 8.28. The molecule has 0 radical (unpaired) electrons. The number of hydrogen-bond donors (Lipinski definition) is 0. The smallest absolute Gasteiger partial charge is 0.275 e. The van der Waals surface area contributed by atoms with Crippen molar-refractivity contribution in [3.8, 4) is 11.4 Å². The van der Waals surface area contributed by atoms with E-state index in [-0.39, 0.29) is 11.4 Å². The highest BCUT2D eigenvalue weighted by atomic mass is 32.2. The molecule has 0 bridgehead atoms. The predicted octanol–water partition coefficient (Wildman–Crippen LogP) is 5.14. The van der Waals surface area contributed by atoms with Crippen LogP contribution in [0.3, 0.4) is 0 Å². The molecule has 0 atom stereocenters. The van der Waals surface area contributed by atoms with Gasteiger partial charge in [0.2, 0.25) is 0 Å². The van der Waals surface area contributed by atoms with Gasteiger partial charge in [-0.3, -0.25) is 13.9 Å². The molecule has 2 aromatic carbocycles. The lowest BCUT2D eigenvalue weighted by Crippen LogP contribution is -2.21. The zero-order chi connectivity index (χ0) is 19.1. The summed E-state index contributed by atoms with van der Waals surface area (Å²) in [4.78, 5) is 18.0. The minimum Gasteiger partial charge on any atom is -0.275 e. The van der Waals surface area contributed by atoms with Gasteiger partial charge in [-0.1, -0.05) is 41.3 Å². The third-order valence-electron chi connectivity index (χ3n) is 4.20. The number of thioether (sulfide) groups is 1. The van der Waals surface area contributed by atoms with E-state index in [0.717, 1.165) is 11.3 Å². The predicted molar refractivity (Wildman–Crippen MR) is 112 cm³/mol. The Labute approximate surface area is 167 Å². The molecule has 0 aliphatic rings. The number of para-hydroxylation sites is 1. The number of halogens is 1. The highest BCUT2D eigenvalue weighted by Gasteiger charge is 2.18. The Kier molecular flexibility index (Phi) is 4.71. The first kappa shape index (κ1) is 18.1. The molecule has 0 aliphatic heterocycles. The number of nitrogens with zero attached hydrogens (tertiary/aromatic N) is 3. The van der Waals surface area contributed by atoms with Gasteiger partial charge in [0.15, 0.2) is 14.8 Å². The third kappa shape index (κ3) is 3.03. The zero-order valence-corrected chi connectivity index (χ0v) is 16.9. The highest BCUT2D eigenvalue weighted by molar-refractivity contribution is 7.98. The molecular formula is C19H14FN3OS3. The van der Waals surface area contributed by atoms with Crippen LogP contribution in [0.2, 0.25) is 0 Å². The number of benzene rings is 2. The number of aryl methyl sites for hydroxylation is 1. The Balaban J connectivity index is 2.08. The van der Waals surface area contributed by atoms with Crippen LogP contribution in [-0.2, 0) is 0 Å². The van der Waals surface area contributed by atoms with Gasteiger partial charge in [0, 0.05) is 0 Å². The van der Waals surface area contributed by atoms with Crippen molar-refractivity contribution in [1.82, 2.24) is 14.1 Å².